The Kier molecular flexibility index (Phi) is 9.99. The highest BCUT2D eigenvalue weighted by Gasteiger charge is 2.43. The van der Waals surface area contributed by atoms with Gasteiger partial charge in [-0.25, -0.2) is 8.78 Å². The van der Waals surface area contributed by atoms with Gasteiger partial charge >= 0.3 is 12.1 Å². The molecule has 6 nitrogen and oxygen atoms in total. The lowest BCUT2D eigenvalue weighted by molar-refractivity contribution is -0.155. The number of carboxylic acid groups (broad SMARTS) is 1. The second kappa shape index (κ2) is 14.0. The molecular formula is C37H42F5N3O3. The summed E-state index contributed by atoms with van der Waals surface area (Å²) in [5.74, 6) is -2.03. The van der Waals surface area contributed by atoms with Gasteiger partial charge in [0, 0.05) is 36.9 Å². The molecule has 1 N–H and O–H groups in total. The number of hydrogen-bond donors (Lipinski definition) is 1. The summed E-state index contributed by atoms with van der Waals surface area (Å²) in [6.45, 7) is 3.35. The van der Waals surface area contributed by atoms with E-state index in [4.69, 9.17) is 4.74 Å². The summed E-state index contributed by atoms with van der Waals surface area (Å²) in [4.78, 5) is 16.3. The molecule has 3 aliphatic heterocycles. The molecule has 258 valence electrons. The average Bonchev–Trinajstić information content (AvgIpc) is 3.41. The van der Waals surface area contributed by atoms with E-state index in [9.17, 15) is 23.1 Å². The lowest BCUT2D eigenvalue weighted by atomic mass is 9.77. The van der Waals surface area contributed by atoms with E-state index in [2.05, 4.69) is 0 Å². The summed E-state index contributed by atoms with van der Waals surface area (Å²) in [6.07, 6.45) is -0.00211. The fourth-order valence-corrected chi connectivity index (χ4v) is 8.06. The van der Waals surface area contributed by atoms with E-state index in [-0.39, 0.29) is 23.9 Å². The summed E-state index contributed by atoms with van der Waals surface area (Å²) in [5.41, 5.74) is 2.14. The second-order valence-corrected chi connectivity index (χ2v) is 13.7. The molecule has 1 spiro atoms. The van der Waals surface area contributed by atoms with E-state index in [0.29, 0.717) is 42.3 Å². The zero-order chi connectivity index (χ0) is 34.1. The Morgan fingerprint density at radius 2 is 1.65 bits per heavy atom. The van der Waals surface area contributed by atoms with Crippen molar-refractivity contribution >= 4 is 11.7 Å². The Balaban J connectivity index is 1.24. The molecule has 0 saturated carbocycles. The predicted octanol–water partition coefficient (Wildman–Crippen LogP) is 7.60. The first-order valence-electron chi connectivity index (χ1n) is 16.7. The summed E-state index contributed by atoms with van der Waals surface area (Å²) in [6, 6.07) is 15.2. The number of ether oxygens (including phenoxy) is 1. The van der Waals surface area contributed by atoms with Crippen LogP contribution in [-0.2, 0) is 17.8 Å². The molecule has 0 bridgehead atoms. The number of carboxylic acids is 1. The molecule has 11 heteroatoms. The number of carbonyl (C=O) groups is 1. The minimum atomic E-state index is -4.57. The van der Waals surface area contributed by atoms with Gasteiger partial charge in [-0.2, -0.15) is 13.2 Å². The fraction of sp³-hybridized carbons (Fsp3) is 0.486. The molecule has 0 amide bonds. The number of alkyl halides is 3. The molecule has 0 radical (unpaired) electrons. The van der Waals surface area contributed by atoms with Crippen molar-refractivity contribution in [1.29, 1.82) is 0 Å². The number of nitrogens with zero attached hydrogens (tertiary/aromatic N) is 3. The van der Waals surface area contributed by atoms with Crippen molar-refractivity contribution in [3.63, 3.8) is 0 Å². The number of halogens is 5. The molecule has 6 rings (SSSR count). The van der Waals surface area contributed by atoms with Crippen molar-refractivity contribution in [1.82, 2.24) is 9.80 Å². The SMILES string of the molecule is C[C@@H]1Cc2cc(OCc3ccccc3)ccc2C(c2c(F)cc(N3CCCC4(CCC3)CCN(CC(=O)O)C4)cc2F)N1CC(F)(F)F. The minimum absolute atomic E-state index is 0.0343. The quantitative estimate of drug-likeness (QED) is 0.249. The number of fused-ring (bicyclic) bond motifs is 1. The molecule has 3 heterocycles. The number of anilines is 1. The standard InChI is InChI=1S/C37H42F5N3O3/c1-25-17-27-18-29(48-22-26-7-3-2-4-8-26)9-10-30(27)35(45(25)24-37(40,41)42)34-31(38)19-28(20-32(34)39)44-14-5-11-36(12-6-15-44)13-16-43(23-36)21-33(46)47/h2-4,7-10,18-20,25,35H,5-6,11-17,21-24H2,1H3,(H,46,47)/t25-,35?/m1/s1. The van der Waals surface area contributed by atoms with Gasteiger partial charge in [0.2, 0.25) is 0 Å². The Morgan fingerprint density at radius 1 is 0.958 bits per heavy atom. The molecule has 1 unspecified atom stereocenters. The van der Waals surface area contributed by atoms with Crippen molar-refractivity contribution in [2.45, 2.75) is 70.3 Å². The third kappa shape index (κ3) is 7.78. The summed E-state index contributed by atoms with van der Waals surface area (Å²) < 4.78 is 80.0. The maximum Gasteiger partial charge on any atom is 0.401 e. The molecule has 3 aromatic rings. The lowest BCUT2D eigenvalue weighted by Gasteiger charge is -2.43. The smallest absolute Gasteiger partial charge is 0.401 e. The number of aliphatic carboxylic acids is 1. The van der Waals surface area contributed by atoms with Crippen LogP contribution in [0.5, 0.6) is 5.75 Å². The summed E-state index contributed by atoms with van der Waals surface area (Å²) >= 11 is 0. The van der Waals surface area contributed by atoms with Gasteiger partial charge in [0.25, 0.3) is 0 Å². The molecule has 2 atom stereocenters. The van der Waals surface area contributed by atoms with Crippen LogP contribution < -0.4 is 9.64 Å². The average molecular weight is 672 g/mol. The van der Waals surface area contributed by atoms with Gasteiger partial charge in [0.15, 0.2) is 0 Å². The van der Waals surface area contributed by atoms with Crippen LogP contribution in [0.2, 0.25) is 0 Å². The molecule has 0 aliphatic carbocycles. The first-order chi connectivity index (χ1) is 22.9. The van der Waals surface area contributed by atoms with Gasteiger partial charge in [-0.3, -0.25) is 14.6 Å². The van der Waals surface area contributed by atoms with Crippen LogP contribution >= 0.6 is 0 Å². The monoisotopic (exact) mass is 671 g/mol. The van der Waals surface area contributed by atoms with Gasteiger partial charge in [0.1, 0.15) is 24.0 Å². The molecule has 0 aromatic heterocycles. The van der Waals surface area contributed by atoms with Crippen molar-refractivity contribution in [3.05, 3.63) is 94.6 Å². The van der Waals surface area contributed by atoms with Gasteiger partial charge in [0.05, 0.1) is 19.1 Å². The third-order valence-electron chi connectivity index (χ3n) is 10.3. The van der Waals surface area contributed by atoms with E-state index in [1.54, 1.807) is 25.1 Å². The van der Waals surface area contributed by atoms with E-state index in [1.807, 2.05) is 40.1 Å². The number of benzene rings is 3. The van der Waals surface area contributed by atoms with Crippen LogP contribution in [0.3, 0.4) is 0 Å². The Morgan fingerprint density at radius 3 is 2.29 bits per heavy atom. The topological polar surface area (TPSA) is 56.3 Å². The molecular weight excluding hydrogens is 629 g/mol. The van der Waals surface area contributed by atoms with Crippen LogP contribution in [0.4, 0.5) is 27.6 Å². The van der Waals surface area contributed by atoms with Crippen LogP contribution in [0, 0.1) is 17.0 Å². The van der Waals surface area contributed by atoms with Gasteiger partial charge in [-0.15, -0.1) is 0 Å². The van der Waals surface area contributed by atoms with Crippen LogP contribution in [-0.4, -0.2) is 72.4 Å². The molecule has 2 fully saturated rings. The highest BCUT2D eigenvalue weighted by atomic mass is 19.4. The van der Waals surface area contributed by atoms with Crippen molar-refractivity contribution in [2.24, 2.45) is 5.41 Å². The van der Waals surface area contributed by atoms with Crippen LogP contribution in [0.15, 0.2) is 60.7 Å². The number of hydrogen-bond acceptors (Lipinski definition) is 5. The van der Waals surface area contributed by atoms with Crippen molar-refractivity contribution in [2.75, 3.05) is 44.2 Å². The van der Waals surface area contributed by atoms with Crippen molar-refractivity contribution in [3.8, 4) is 5.75 Å². The van der Waals surface area contributed by atoms with E-state index < -0.39 is 42.4 Å². The number of rotatable bonds is 8. The summed E-state index contributed by atoms with van der Waals surface area (Å²) in [5, 5.41) is 9.19. The van der Waals surface area contributed by atoms with Crippen LogP contribution in [0.25, 0.3) is 0 Å². The fourth-order valence-electron chi connectivity index (χ4n) is 8.06. The highest BCUT2D eigenvalue weighted by molar-refractivity contribution is 5.69. The lowest BCUT2D eigenvalue weighted by Crippen LogP contribution is -2.47. The normalized spacial score (nSPS) is 21.9. The molecule has 48 heavy (non-hydrogen) atoms. The maximum atomic E-state index is 16.2. The molecule has 2 saturated heterocycles. The molecule has 3 aromatic carbocycles. The highest BCUT2D eigenvalue weighted by Crippen LogP contribution is 2.44. The largest absolute Gasteiger partial charge is 0.489 e. The van der Waals surface area contributed by atoms with E-state index in [0.717, 1.165) is 55.7 Å². The van der Waals surface area contributed by atoms with Gasteiger partial charge < -0.3 is 14.7 Å². The molecule has 3 aliphatic rings. The Labute approximate surface area is 278 Å². The third-order valence-corrected chi connectivity index (χ3v) is 10.3. The van der Waals surface area contributed by atoms with Gasteiger partial charge in [-0.05, 0) is 98.4 Å². The zero-order valence-electron chi connectivity index (χ0n) is 27.1. The zero-order valence-corrected chi connectivity index (χ0v) is 27.1. The van der Waals surface area contributed by atoms with Crippen LogP contribution in [0.1, 0.15) is 67.3 Å². The van der Waals surface area contributed by atoms with Crippen molar-refractivity contribution < 1.29 is 36.6 Å². The maximum absolute atomic E-state index is 16.2. The predicted molar refractivity (Wildman–Crippen MR) is 173 cm³/mol. The van der Waals surface area contributed by atoms with E-state index in [1.165, 1.54) is 12.1 Å². The minimum Gasteiger partial charge on any atom is -0.489 e. The Hall–Kier alpha value is -3.70. The second-order valence-electron chi connectivity index (χ2n) is 13.7. The van der Waals surface area contributed by atoms with E-state index >= 15 is 8.78 Å². The first kappa shape index (κ1) is 34.2. The first-order valence-corrected chi connectivity index (χ1v) is 16.7. The Bertz CT molecular complexity index is 1570. The summed E-state index contributed by atoms with van der Waals surface area (Å²) in [7, 11) is 0. The van der Waals surface area contributed by atoms with Gasteiger partial charge in [-0.1, -0.05) is 36.4 Å². The number of likely N-dealkylation sites (tertiary alicyclic amines) is 1.